The van der Waals surface area contributed by atoms with Crippen molar-refractivity contribution in [2.45, 2.75) is 12.7 Å². The van der Waals surface area contributed by atoms with Crippen LogP contribution in [0.5, 0.6) is 5.75 Å². The zero-order valence-corrected chi connectivity index (χ0v) is 7.60. The summed E-state index contributed by atoms with van der Waals surface area (Å²) >= 11 is 0. The maximum atomic E-state index is 9.39. The summed E-state index contributed by atoms with van der Waals surface area (Å²) in [5, 5.41) is 11.8. The van der Waals surface area contributed by atoms with Gasteiger partial charge in [-0.1, -0.05) is 30.3 Å². The van der Waals surface area contributed by atoms with Crippen molar-refractivity contribution in [2.24, 2.45) is 0 Å². The third-order valence-electron chi connectivity index (χ3n) is 2.64. The number of aliphatic hydroxyl groups excluding tert-OH is 1. The van der Waals surface area contributed by atoms with Crippen LogP contribution >= 0.6 is 0 Å². The van der Waals surface area contributed by atoms with Gasteiger partial charge in [0.2, 0.25) is 6.29 Å². The van der Waals surface area contributed by atoms with Gasteiger partial charge in [0.1, 0.15) is 5.75 Å². The molecule has 1 heterocycles. The topological polar surface area (TPSA) is 29.5 Å². The van der Waals surface area contributed by atoms with Gasteiger partial charge in [-0.2, -0.15) is 0 Å². The molecular formula is C12H10O2. The van der Waals surface area contributed by atoms with Crippen LogP contribution in [0.15, 0.2) is 36.4 Å². The van der Waals surface area contributed by atoms with Crippen molar-refractivity contribution in [2.75, 3.05) is 0 Å². The summed E-state index contributed by atoms with van der Waals surface area (Å²) in [6.45, 7) is 0. The summed E-state index contributed by atoms with van der Waals surface area (Å²) in [6.07, 6.45) is -0.0766. The minimum Gasteiger partial charge on any atom is -0.464 e. The molecule has 0 radical (unpaired) electrons. The van der Waals surface area contributed by atoms with Gasteiger partial charge in [-0.25, -0.2) is 0 Å². The molecule has 2 aromatic rings. The maximum absolute atomic E-state index is 9.39. The van der Waals surface area contributed by atoms with E-state index in [-0.39, 0.29) is 0 Å². The molecule has 3 rings (SSSR count). The first-order chi connectivity index (χ1) is 6.84. The lowest BCUT2D eigenvalue weighted by molar-refractivity contribution is 0.00218. The first kappa shape index (κ1) is 7.83. The Labute approximate surface area is 81.7 Å². The first-order valence-corrected chi connectivity index (χ1v) is 4.70. The highest BCUT2D eigenvalue weighted by Gasteiger charge is 2.21. The van der Waals surface area contributed by atoms with Crippen molar-refractivity contribution in [1.82, 2.24) is 0 Å². The van der Waals surface area contributed by atoms with Crippen molar-refractivity contribution in [3.05, 3.63) is 42.0 Å². The van der Waals surface area contributed by atoms with E-state index in [1.165, 1.54) is 10.8 Å². The lowest BCUT2D eigenvalue weighted by atomic mass is 10.0. The van der Waals surface area contributed by atoms with Crippen molar-refractivity contribution in [1.29, 1.82) is 0 Å². The maximum Gasteiger partial charge on any atom is 0.201 e. The Morgan fingerprint density at radius 2 is 2.00 bits per heavy atom. The Bertz CT molecular complexity index is 491. The second-order valence-electron chi connectivity index (χ2n) is 3.54. The Kier molecular flexibility index (Phi) is 1.52. The van der Waals surface area contributed by atoms with Crippen LogP contribution in [0.1, 0.15) is 5.56 Å². The van der Waals surface area contributed by atoms with Crippen LogP contribution in [0.4, 0.5) is 0 Å². The monoisotopic (exact) mass is 186 g/mol. The van der Waals surface area contributed by atoms with Crippen LogP contribution in [0.3, 0.4) is 0 Å². The number of ether oxygens (including phenoxy) is 1. The molecule has 0 saturated heterocycles. The number of benzene rings is 2. The molecule has 0 saturated carbocycles. The summed E-state index contributed by atoms with van der Waals surface area (Å²) in [6, 6.07) is 12.1. The Morgan fingerprint density at radius 3 is 2.93 bits per heavy atom. The number of rotatable bonds is 0. The molecule has 1 atom stereocenters. The summed E-state index contributed by atoms with van der Waals surface area (Å²) < 4.78 is 5.27. The highest BCUT2D eigenvalue weighted by Crippen LogP contribution is 2.34. The van der Waals surface area contributed by atoms with E-state index < -0.39 is 6.29 Å². The van der Waals surface area contributed by atoms with Crippen LogP contribution in [-0.4, -0.2) is 11.4 Å². The SMILES string of the molecule is OC1Cc2c(ccc3ccccc23)O1. The molecule has 2 heteroatoms. The molecule has 0 bridgehead atoms. The molecule has 2 aromatic carbocycles. The van der Waals surface area contributed by atoms with E-state index in [2.05, 4.69) is 12.1 Å². The molecule has 0 amide bonds. The van der Waals surface area contributed by atoms with Crippen LogP contribution in [0.2, 0.25) is 0 Å². The highest BCUT2D eigenvalue weighted by atomic mass is 16.6. The second kappa shape index (κ2) is 2.72. The van der Waals surface area contributed by atoms with Crippen LogP contribution in [0, 0.1) is 0 Å². The third kappa shape index (κ3) is 1.01. The molecule has 0 spiro atoms. The average Bonchev–Trinajstić information content (AvgIpc) is 2.59. The fourth-order valence-corrected chi connectivity index (χ4v) is 2.00. The van der Waals surface area contributed by atoms with E-state index in [4.69, 9.17) is 4.74 Å². The van der Waals surface area contributed by atoms with E-state index in [1.54, 1.807) is 0 Å². The zero-order chi connectivity index (χ0) is 9.54. The average molecular weight is 186 g/mol. The van der Waals surface area contributed by atoms with E-state index in [0.717, 1.165) is 11.3 Å². The molecule has 0 aromatic heterocycles. The Hall–Kier alpha value is -1.54. The van der Waals surface area contributed by atoms with Gasteiger partial charge in [0, 0.05) is 12.0 Å². The number of hydrogen-bond donors (Lipinski definition) is 1. The number of aliphatic hydroxyl groups is 1. The highest BCUT2D eigenvalue weighted by molar-refractivity contribution is 5.88. The van der Waals surface area contributed by atoms with Gasteiger partial charge in [-0.05, 0) is 16.8 Å². The fraction of sp³-hybridized carbons (Fsp3) is 0.167. The van der Waals surface area contributed by atoms with Crippen LogP contribution in [0.25, 0.3) is 10.8 Å². The molecule has 0 aliphatic carbocycles. The lowest BCUT2D eigenvalue weighted by Gasteiger charge is -2.02. The van der Waals surface area contributed by atoms with Crippen molar-refractivity contribution in [3.63, 3.8) is 0 Å². The molecule has 70 valence electrons. The molecule has 0 fully saturated rings. The molecule has 1 aliphatic heterocycles. The summed E-state index contributed by atoms with van der Waals surface area (Å²) in [4.78, 5) is 0. The third-order valence-corrected chi connectivity index (χ3v) is 2.64. The smallest absolute Gasteiger partial charge is 0.201 e. The van der Waals surface area contributed by atoms with E-state index in [1.807, 2.05) is 24.3 Å². The van der Waals surface area contributed by atoms with Crippen LogP contribution in [-0.2, 0) is 6.42 Å². The number of fused-ring (bicyclic) bond motifs is 3. The quantitative estimate of drug-likeness (QED) is 0.682. The molecule has 1 aliphatic rings. The standard InChI is InChI=1S/C12H10O2/c13-12-7-10-9-4-2-1-3-8(9)5-6-11(10)14-12/h1-6,12-13H,7H2. The molecule has 1 N–H and O–H groups in total. The van der Waals surface area contributed by atoms with Gasteiger partial charge in [0.05, 0.1) is 0 Å². The molecule has 2 nitrogen and oxygen atoms in total. The predicted octanol–water partition coefficient (Wildman–Crippen LogP) is 2.09. The molecular weight excluding hydrogens is 176 g/mol. The Morgan fingerprint density at radius 1 is 1.14 bits per heavy atom. The van der Waals surface area contributed by atoms with Crippen molar-refractivity contribution in [3.8, 4) is 5.75 Å². The van der Waals surface area contributed by atoms with Gasteiger partial charge < -0.3 is 9.84 Å². The minimum absolute atomic E-state index is 0.594. The minimum atomic E-state index is -0.671. The van der Waals surface area contributed by atoms with Crippen molar-refractivity contribution < 1.29 is 9.84 Å². The number of hydrogen-bond acceptors (Lipinski definition) is 2. The second-order valence-corrected chi connectivity index (χ2v) is 3.54. The lowest BCUT2D eigenvalue weighted by Crippen LogP contribution is -2.09. The van der Waals surface area contributed by atoms with Gasteiger partial charge in [0.15, 0.2) is 0 Å². The zero-order valence-electron chi connectivity index (χ0n) is 7.60. The van der Waals surface area contributed by atoms with Gasteiger partial charge >= 0.3 is 0 Å². The Balaban J connectivity index is 2.33. The van der Waals surface area contributed by atoms with E-state index in [9.17, 15) is 5.11 Å². The largest absolute Gasteiger partial charge is 0.464 e. The van der Waals surface area contributed by atoms with E-state index in [0.29, 0.717) is 6.42 Å². The van der Waals surface area contributed by atoms with Gasteiger partial charge in [-0.3, -0.25) is 0 Å². The summed E-state index contributed by atoms with van der Waals surface area (Å²) in [5.74, 6) is 0.816. The molecule has 14 heavy (non-hydrogen) atoms. The molecule has 1 unspecified atom stereocenters. The normalized spacial score (nSPS) is 19.4. The first-order valence-electron chi connectivity index (χ1n) is 4.70. The summed E-state index contributed by atoms with van der Waals surface area (Å²) in [7, 11) is 0. The predicted molar refractivity (Wildman–Crippen MR) is 54.3 cm³/mol. The van der Waals surface area contributed by atoms with Crippen LogP contribution < -0.4 is 4.74 Å². The van der Waals surface area contributed by atoms with Gasteiger partial charge in [-0.15, -0.1) is 0 Å². The van der Waals surface area contributed by atoms with E-state index >= 15 is 0 Å². The fourth-order valence-electron chi connectivity index (χ4n) is 2.00. The van der Waals surface area contributed by atoms with Crippen molar-refractivity contribution >= 4 is 10.8 Å². The summed E-state index contributed by atoms with van der Waals surface area (Å²) in [5.41, 5.74) is 1.12. The van der Waals surface area contributed by atoms with Gasteiger partial charge in [0.25, 0.3) is 0 Å².